The SMILES string of the molecule is CC(C)C(C)NC(=O)NN. The number of carbonyl (C=O) groups excluding carboxylic acids is 1. The molecular weight excluding hydrogens is 130 g/mol. The molecule has 0 spiro atoms. The lowest BCUT2D eigenvalue weighted by molar-refractivity contribution is 0.234. The van der Waals surface area contributed by atoms with Crippen LogP contribution in [0.3, 0.4) is 0 Å². The molecule has 1 atom stereocenters. The van der Waals surface area contributed by atoms with E-state index in [2.05, 4.69) is 5.32 Å². The summed E-state index contributed by atoms with van der Waals surface area (Å²) in [6, 6.07) is -0.176. The molecule has 0 aromatic carbocycles. The van der Waals surface area contributed by atoms with Crippen molar-refractivity contribution < 1.29 is 4.79 Å². The summed E-state index contributed by atoms with van der Waals surface area (Å²) in [5.74, 6) is 5.29. The predicted molar refractivity (Wildman–Crippen MR) is 40.2 cm³/mol. The fourth-order valence-corrected chi connectivity index (χ4v) is 0.415. The lowest BCUT2D eigenvalue weighted by Gasteiger charge is -2.16. The minimum atomic E-state index is -0.332. The molecule has 10 heavy (non-hydrogen) atoms. The molecule has 0 aliphatic carbocycles. The van der Waals surface area contributed by atoms with Crippen LogP contribution in [0.25, 0.3) is 0 Å². The number of nitrogens with two attached hydrogens (primary N) is 1. The number of hydrogen-bond donors (Lipinski definition) is 3. The average molecular weight is 145 g/mol. The van der Waals surface area contributed by atoms with Crippen molar-refractivity contribution >= 4 is 6.03 Å². The minimum absolute atomic E-state index is 0.156. The van der Waals surface area contributed by atoms with Crippen LogP contribution in [0.1, 0.15) is 20.8 Å². The maximum Gasteiger partial charge on any atom is 0.329 e. The number of amides is 2. The number of hydrazine groups is 1. The summed E-state index contributed by atoms with van der Waals surface area (Å²) in [4.78, 5) is 10.6. The van der Waals surface area contributed by atoms with Crippen LogP contribution in [0.15, 0.2) is 0 Å². The van der Waals surface area contributed by atoms with Crippen molar-refractivity contribution in [3.63, 3.8) is 0 Å². The van der Waals surface area contributed by atoms with Crippen LogP contribution in [0, 0.1) is 5.92 Å². The van der Waals surface area contributed by atoms with E-state index in [1.54, 1.807) is 0 Å². The van der Waals surface area contributed by atoms with Crippen molar-refractivity contribution in [1.29, 1.82) is 0 Å². The van der Waals surface area contributed by atoms with E-state index >= 15 is 0 Å². The van der Waals surface area contributed by atoms with Crippen LogP contribution >= 0.6 is 0 Å². The Balaban J connectivity index is 3.57. The molecule has 0 saturated heterocycles. The first-order chi connectivity index (χ1) is 4.57. The number of carbonyl (C=O) groups is 1. The molecule has 0 heterocycles. The summed E-state index contributed by atoms with van der Waals surface area (Å²) < 4.78 is 0. The van der Waals surface area contributed by atoms with Gasteiger partial charge >= 0.3 is 6.03 Å². The van der Waals surface area contributed by atoms with Gasteiger partial charge in [0.1, 0.15) is 0 Å². The number of rotatable bonds is 2. The first kappa shape index (κ1) is 9.23. The van der Waals surface area contributed by atoms with Crippen molar-refractivity contribution in [2.45, 2.75) is 26.8 Å². The topological polar surface area (TPSA) is 67.2 Å². The Morgan fingerprint density at radius 2 is 1.90 bits per heavy atom. The Labute approximate surface area is 61.1 Å². The van der Waals surface area contributed by atoms with Crippen LogP contribution in [-0.2, 0) is 0 Å². The number of nitrogens with one attached hydrogen (secondary N) is 2. The summed E-state index contributed by atoms with van der Waals surface area (Å²) in [6.45, 7) is 5.99. The molecule has 4 nitrogen and oxygen atoms in total. The lowest BCUT2D eigenvalue weighted by Crippen LogP contribution is -2.45. The quantitative estimate of drug-likeness (QED) is 0.295. The Kier molecular flexibility index (Phi) is 3.79. The summed E-state index contributed by atoms with van der Waals surface area (Å²) in [6.07, 6.45) is 0. The minimum Gasteiger partial charge on any atom is -0.334 e. The molecule has 60 valence electrons. The zero-order chi connectivity index (χ0) is 8.15. The van der Waals surface area contributed by atoms with Gasteiger partial charge in [0.2, 0.25) is 0 Å². The van der Waals surface area contributed by atoms with Gasteiger partial charge in [-0.15, -0.1) is 0 Å². The standard InChI is InChI=1S/C6H15N3O/c1-4(2)5(3)8-6(10)9-7/h4-5H,7H2,1-3H3,(H2,8,9,10). The summed E-state index contributed by atoms with van der Waals surface area (Å²) in [5.41, 5.74) is 2.00. The molecule has 0 fully saturated rings. The van der Waals surface area contributed by atoms with Crippen molar-refractivity contribution in [3.05, 3.63) is 0 Å². The predicted octanol–water partition coefficient (Wildman–Crippen LogP) is 0.204. The van der Waals surface area contributed by atoms with E-state index in [1.807, 2.05) is 26.2 Å². The highest BCUT2D eigenvalue weighted by atomic mass is 16.2. The first-order valence-corrected chi connectivity index (χ1v) is 3.35. The zero-order valence-corrected chi connectivity index (χ0v) is 6.64. The van der Waals surface area contributed by atoms with Crippen LogP contribution in [0.2, 0.25) is 0 Å². The van der Waals surface area contributed by atoms with Gasteiger partial charge in [-0.25, -0.2) is 10.6 Å². The van der Waals surface area contributed by atoms with Crippen LogP contribution in [0.4, 0.5) is 4.79 Å². The Hall–Kier alpha value is -0.770. The largest absolute Gasteiger partial charge is 0.334 e. The maximum absolute atomic E-state index is 10.6. The molecule has 2 amide bonds. The second-order valence-electron chi connectivity index (χ2n) is 2.65. The average Bonchev–Trinajstić information content (AvgIpc) is 1.87. The van der Waals surface area contributed by atoms with Gasteiger partial charge in [0.15, 0.2) is 0 Å². The van der Waals surface area contributed by atoms with Gasteiger partial charge in [0.25, 0.3) is 0 Å². The smallest absolute Gasteiger partial charge is 0.329 e. The second kappa shape index (κ2) is 4.11. The fourth-order valence-electron chi connectivity index (χ4n) is 0.415. The zero-order valence-electron chi connectivity index (χ0n) is 6.64. The maximum atomic E-state index is 10.6. The van der Waals surface area contributed by atoms with Crippen molar-refractivity contribution in [1.82, 2.24) is 10.7 Å². The molecule has 0 saturated carbocycles. The molecule has 0 aromatic rings. The van der Waals surface area contributed by atoms with Crippen LogP contribution in [0.5, 0.6) is 0 Å². The summed E-state index contributed by atoms with van der Waals surface area (Å²) in [7, 11) is 0. The van der Waals surface area contributed by atoms with Crippen LogP contribution in [-0.4, -0.2) is 12.1 Å². The van der Waals surface area contributed by atoms with E-state index < -0.39 is 0 Å². The lowest BCUT2D eigenvalue weighted by atomic mass is 10.1. The molecule has 1 unspecified atom stereocenters. The van der Waals surface area contributed by atoms with Crippen LogP contribution < -0.4 is 16.6 Å². The van der Waals surface area contributed by atoms with Gasteiger partial charge in [-0.3, -0.25) is 5.43 Å². The number of hydrogen-bond acceptors (Lipinski definition) is 2. The van der Waals surface area contributed by atoms with Gasteiger partial charge in [0, 0.05) is 6.04 Å². The van der Waals surface area contributed by atoms with Gasteiger partial charge in [-0.2, -0.15) is 0 Å². The molecule has 4 N–H and O–H groups in total. The van der Waals surface area contributed by atoms with E-state index in [9.17, 15) is 4.79 Å². The summed E-state index contributed by atoms with van der Waals surface area (Å²) >= 11 is 0. The van der Waals surface area contributed by atoms with E-state index in [0.717, 1.165) is 0 Å². The van der Waals surface area contributed by atoms with E-state index in [1.165, 1.54) is 0 Å². The molecule has 0 bridgehead atoms. The third-order valence-electron chi connectivity index (χ3n) is 1.49. The molecule has 4 heteroatoms. The van der Waals surface area contributed by atoms with Gasteiger partial charge in [-0.05, 0) is 12.8 Å². The Bertz CT molecular complexity index is 114. The van der Waals surface area contributed by atoms with Crippen molar-refractivity contribution in [2.75, 3.05) is 0 Å². The van der Waals surface area contributed by atoms with Crippen molar-refractivity contribution in [2.24, 2.45) is 11.8 Å². The molecular formula is C6H15N3O. The first-order valence-electron chi connectivity index (χ1n) is 3.35. The fraction of sp³-hybridized carbons (Fsp3) is 0.833. The monoisotopic (exact) mass is 145 g/mol. The second-order valence-corrected chi connectivity index (χ2v) is 2.65. The van der Waals surface area contributed by atoms with Gasteiger partial charge in [-0.1, -0.05) is 13.8 Å². The van der Waals surface area contributed by atoms with Gasteiger partial charge in [0.05, 0.1) is 0 Å². The third kappa shape index (κ3) is 3.29. The molecule has 0 radical (unpaired) electrons. The van der Waals surface area contributed by atoms with E-state index in [4.69, 9.17) is 5.84 Å². The van der Waals surface area contributed by atoms with Gasteiger partial charge < -0.3 is 5.32 Å². The molecule has 0 aromatic heterocycles. The van der Waals surface area contributed by atoms with E-state index in [0.29, 0.717) is 5.92 Å². The molecule has 0 aliphatic heterocycles. The van der Waals surface area contributed by atoms with E-state index in [-0.39, 0.29) is 12.1 Å². The molecule has 0 aliphatic rings. The normalized spacial score (nSPS) is 12.9. The summed E-state index contributed by atoms with van der Waals surface area (Å²) in [5, 5.41) is 2.65. The molecule has 0 rings (SSSR count). The third-order valence-corrected chi connectivity index (χ3v) is 1.49. The Morgan fingerprint density at radius 3 is 2.20 bits per heavy atom. The number of urea groups is 1. The highest BCUT2D eigenvalue weighted by molar-refractivity contribution is 5.73. The van der Waals surface area contributed by atoms with Crippen molar-refractivity contribution in [3.8, 4) is 0 Å². The Morgan fingerprint density at radius 1 is 1.40 bits per heavy atom. The highest BCUT2D eigenvalue weighted by Crippen LogP contribution is 1.98. The highest BCUT2D eigenvalue weighted by Gasteiger charge is 2.08.